The summed E-state index contributed by atoms with van der Waals surface area (Å²) in [7, 11) is 0. The monoisotopic (exact) mass is 163 g/mol. The van der Waals surface area contributed by atoms with E-state index < -0.39 is 0 Å². The zero-order valence-corrected chi connectivity index (χ0v) is 7.55. The lowest BCUT2D eigenvalue weighted by Gasteiger charge is -2.00. The van der Waals surface area contributed by atoms with Crippen LogP contribution in [-0.4, -0.2) is 6.61 Å². The molecule has 0 spiro atoms. The van der Waals surface area contributed by atoms with Gasteiger partial charge in [-0.2, -0.15) is 0 Å². The molecule has 65 valence electrons. The largest absolute Gasteiger partial charge is 0.237 e. The summed E-state index contributed by atoms with van der Waals surface area (Å²) in [6.45, 7) is 2.18. The maximum atomic E-state index is 10.2. The standard InChI is InChI=1S/C11H15O/c1-2-10-5-7-11(8-6-10)4-3-9-12/h5-8H,2-4,9H2,1H3. The van der Waals surface area contributed by atoms with Crippen molar-refractivity contribution in [3.8, 4) is 0 Å². The van der Waals surface area contributed by atoms with Crippen molar-refractivity contribution in [1.29, 1.82) is 0 Å². The minimum absolute atomic E-state index is 0.0372. The summed E-state index contributed by atoms with van der Waals surface area (Å²) in [5, 5.41) is 10.2. The van der Waals surface area contributed by atoms with Gasteiger partial charge in [0.15, 0.2) is 0 Å². The van der Waals surface area contributed by atoms with Crippen molar-refractivity contribution in [1.82, 2.24) is 0 Å². The van der Waals surface area contributed by atoms with Crippen molar-refractivity contribution in [2.45, 2.75) is 26.2 Å². The van der Waals surface area contributed by atoms with Crippen molar-refractivity contribution in [2.75, 3.05) is 6.61 Å². The minimum atomic E-state index is 0.0372. The molecule has 1 radical (unpaired) electrons. The molecular formula is C11H15O. The Balaban J connectivity index is 2.53. The molecule has 1 rings (SSSR count). The van der Waals surface area contributed by atoms with E-state index in [1.165, 1.54) is 11.1 Å². The predicted octanol–water partition coefficient (Wildman–Crippen LogP) is 2.61. The highest BCUT2D eigenvalue weighted by Gasteiger charge is 1.92. The molecule has 0 fully saturated rings. The summed E-state index contributed by atoms with van der Waals surface area (Å²) in [4.78, 5) is 0. The smallest absolute Gasteiger partial charge is 0.0825 e. The van der Waals surface area contributed by atoms with Gasteiger partial charge in [-0.25, -0.2) is 5.11 Å². The van der Waals surface area contributed by atoms with E-state index in [9.17, 15) is 5.11 Å². The molecule has 12 heavy (non-hydrogen) atoms. The summed E-state index contributed by atoms with van der Waals surface area (Å²) in [5.41, 5.74) is 2.64. The highest BCUT2D eigenvalue weighted by atomic mass is 16.2. The van der Waals surface area contributed by atoms with E-state index in [1.54, 1.807) is 0 Å². The Hall–Kier alpha value is -0.820. The molecule has 0 amide bonds. The second-order valence-electron chi connectivity index (χ2n) is 2.98. The molecule has 1 aromatic carbocycles. The van der Waals surface area contributed by atoms with Gasteiger partial charge in [0.1, 0.15) is 0 Å². The van der Waals surface area contributed by atoms with E-state index in [-0.39, 0.29) is 6.61 Å². The number of rotatable bonds is 4. The summed E-state index contributed by atoms with van der Waals surface area (Å²) in [6.07, 6.45) is 2.76. The normalized spacial score (nSPS) is 10.2. The molecule has 1 aromatic rings. The van der Waals surface area contributed by atoms with Gasteiger partial charge in [0.25, 0.3) is 0 Å². The minimum Gasteiger partial charge on any atom is -0.237 e. The average molecular weight is 163 g/mol. The van der Waals surface area contributed by atoms with Crippen molar-refractivity contribution < 1.29 is 5.11 Å². The van der Waals surface area contributed by atoms with Crippen LogP contribution in [-0.2, 0) is 17.9 Å². The molecule has 0 atom stereocenters. The number of benzene rings is 1. The maximum absolute atomic E-state index is 10.2. The Morgan fingerprint density at radius 3 is 2.17 bits per heavy atom. The maximum Gasteiger partial charge on any atom is 0.0825 e. The van der Waals surface area contributed by atoms with Crippen molar-refractivity contribution in [3.05, 3.63) is 35.4 Å². The average Bonchev–Trinajstić information content (AvgIpc) is 2.15. The van der Waals surface area contributed by atoms with Gasteiger partial charge >= 0.3 is 0 Å². The van der Waals surface area contributed by atoms with Crippen LogP contribution < -0.4 is 0 Å². The number of aryl methyl sites for hydroxylation is 2. The van der Waals surface area contributed by atoms with Crippen molar-refractivity contribution >= 4 is 0 Å². The quantitative estimate of drug-likeness (QED) is 0.650. The van der Waals surface area contributed by atoms with Gasteiger partial charge in [0, 0.05) is 0 Å². The van der Waals surface area contributed by atoms with Gasteiger partial charge < -0.3 is 0 Å². The van der Waals surface area contributed by atoms with E-state index in [0.29, 0.717) is 0 Å². The molecule has 0 heterocycles. The first kappa shape index (κ1) is 9.27. The molecule has 0 aliphatic carbocycles. The van der Waals surface area contributed by atoms with Crippen LogP contribution >= 0.6 is 0 Å². The van der Waals surface area contributed by atoms with Gasteiger partial charge in [-0.05, 0) is 30.4 Å². The van der Waals surface area contributed by atoms with Crippen molar-refractivity contribution in [3.63, 3.8) is 0 Å². The second kappa shape index (κ2) is 4.94. The van der Waals surface area contributed by atoms with Crippen LogP contribution in [0.2, 0.25) is 0 Å². The van der Waals surface area contributed by atoms with Crippen LogP contribution in [0.4, 0.5) is 0 Å². The van der Waals surface area contributed by atoms with Crippen LogP contribution in [0.3, 0.4) is 0 Å². The Morgan fingerprint density at radius 1 is 1.08 bits per heavy atom. The van der Waals surface area contributed by atoms with Gasteiger partial charge in [-0.3, -0.25) is 0 Å². The Morgan fingerprint density at radius 2 is 1.67 bits per heavy atom. The summed E-state index contributed by atoms with van der Waals surface area (Å²) < 4.78 is 0. The highest BCUT2D eigenvalue weighted by molar-refractivity contribution is 5.22. The molecule has 1 nitrogen and oxygen atoms in total. The third-order valence-electron chi connectivity index (χ3n) is 2.04. The lowest BCUT2D eigenvalue weighted by atomic mass is 10.1. The molecule has 0 saturated heterocycles. The first-order chi connectivity index (χ1) is 5.86. The van der Waals surface area contributed by atoms with Crippen molar-refractivity contribution in [2.24, 2.45) is 0 Å². The fourth-order valence-corrected chi connectivity index (χ4v) is 1.22. The SMILES string of the molecule is CCc1ccc(CCC[O])cc1. The lowest BCUT2D eigenvalue weighted by Crippen LogP contribution is -1.88. The topological polar surface area (TPSA) is 19.9 Å². The summed E-state index contributed by atoms with van der Waals surface area (Å²) in [5.74, 6) is 0. The molecular weight excluding hydrogens is 148 g/mol. The lowest BCUT2D eigenvalue weighted by molar-refractivity contribution is 0.189. The molecule has 1 heteroatoms. The second-order valence-corrected chi connectivity index (χ2v) is 2.98. The van der Waals surface area contributed by atoms with Gasteiger partial charge in [0.05, 0.1) is 6.61 Å². The zero-order chi connectivity index (χ0) is 8.81. The fourth-order valence-electron chi connectivity index (χ4n) is 1.22. The molecule has 0 aliphatic rings. The van der Waals surface area contributed by atoms with Crippen LogP contribution in [0, 0.1) is 0 Å². The third-order valence-corrected chi connectivity index (χ3v) is 2.04. The predicted molar refractivity (Wildman–Crippen MR) is 49.7 cm³/mol. The molecule has 0 saturated carbocycles. The third kappa shape index (κ3) is 2.67. The Kier molecular flexibility index (Phi) is 3.81. The Bertz CT molecular complexity index is 213. The first-order valence-corrected chi connectivity index (χ1v) is 4.52. The van der Waals surface area contributed by atoms with E-state index >= 15 is 0 Å². The molecule has 0 bridgehead atoms. The number of hydrogen-bond acceptors (Lipinski definition) is 0. The molecule has 0 unspecified atom stereocenters. The zero-order valence-electron chi connectivity index (χ0n) is 7.55. The number of hydrogen-bond donors (Lipinski definition) is 0. The molecule has 0 aliphatic heterocycles. The first-order valence-electron chi connectivity index (χ1n) is 4.52. The summed E-state index contributed by atoms with van der Waals surface area (Å²) in [6, 6.07) is 8.52. The van der Waals surface area contributed by atoms with Gasteiger partial charge in [-0.1, -0.05) is 31.2 Å². The van der Waals surface area contributed by atoms with Gasteiger partial charge in [0.2, 0.25) is 0 Å². The summed E-state index contributed by atoms with van der Waals surface area (Å²) >= 11 is 0. The van der Waals surface area contributed by atoms with Crippen LogP contribution in [0.5, 0.6) is 0 Å². The fraction of sp³-hybridized carbons (Fsp3) is 0.455. The molecule has 0 aromatic heterocycles. The van der Waals surface area contributed by atoms with E-state index in [4.69, 9.17) is 0 Å². The van der Waals surface area contributed by atoms with Crippen LogP contribution in [0.25, 0.3) is 0 Å². The van der Waals surface area contributed by atoms with E-state index in [0.717, 1.165) is 19.3 Å². The van der Waals surface area contributed by atoms with Crippen LogP contribution in [0.15, 0.2) is 24.3 Å². The van der Waals surface area contributed by atoms with Gasteiger partial charge in [-0.15, -0.1) is 0 Å². The van der Waals surface area contributed by atoms with Crippen LogP contribution in [0.1, 0.15) is 24.5 Å². The van der Waals surface area contributed by atoms with E-state index in [1.807, 2.05) is 0 Å². The van der Waals surface area contributed by atoms with E-state index in [2.05, 4.69) is 31.2 Å². The molecule has 0 N–H and O–H groups in total. The highest BCUT2D eigenvalue weighted by Crippen LogP contribution is 2.06. The Labute approximate surface area is 74.1 Å².